The van der Waals surface area contributed by atoms with E-state index < -0.39 is 17.9 Å². The number of carbonyl (C=O) groups excluding carboxylic acids is 2. The summed E-state index contributed by atoms with van der Waals surface area (Å²) in [6.07, 6.45) is -0.188. The Hall–Kier alpha value is -1.59. The van der Waals surface area contributed by atoms with Gasteiger partial charge >= 0.3 is 0 Å². The number of rotatable bonds is 4. The summed E-state index contributed by atoms with van der Waals surface area (Å²) in [6.45, 7) is 0. The SMILES string of the molecule is NC(=O)CC(N)C(=O)Nc1cccc(Cl)c1. The molecule has 5 nitrogen and oxygen atoms in total. The second-order valence-electron chi connectivity index (χ2n) is 3.28. The summed E-state index contributed by atoms with van der Waals surface area (Å²) in [4.78, 5) is 22.0. The van der Waals surface area contributed by atoms with Gasteiger partial charge < -0.3 is 16.8 Å². The van der Waals surface area contributed by atoms with Crippen LogP contribution in [0.15, 0.2) is 24.3 Å². The maximum Gasteiger partial charge on any atom is 0.241 e. The third-order valence-electron chi connectivity index (χ3n) is 1.85. The molecule has 0 aromatic heterocycles. The van der Waals surface area contributed by atoms with Crippen molar-refractivity contribution in [2.45, 2.75) is 12.5 Å². The molecule has 0 radical (unpaired) electrons. The first-order valence-electron chi connectivity index (χ1n) is 4.59. The Morgan fingerprint density at radius 2 is 2.12 bits per heavy atom. The van der Waals surface area contributed by atoms with Gasteiger partial charge in [-0.3, -0.25) is 9.59 Å². The van der Waals surface area contributed by atoms with E-state index in [1.165, 1.54) is 0 Å². The molecule has 2 amide bonds. The lowest BCUT2D eigenvalue weighted by atomic mass is 10.2. The van der Waals surface area contributed by atoms with Crippen LogP contribution in [0.1, 0.15) is 6.42 Å². The molecule has 1 unspecified atom stereocenters. The maximum absolute atomic E-state index is 11.5. The van der Waals surface area contributed by atoms with Gasteiger partial charge in [-0.05, 0) is 18.2 Å². The van der Waals surface area contributed by atoms with E-state index >= 15 is 0 Å². The Balaban J connectivity index is 2.60. The first-order chi connectivity index (χ1) is 7.49. The minimum absolute atomic E-state index is 0.188. The van der Waals surface area contributed by atoms with Crippen LogP contribution < -0.4 is 16.8 Å². The molecule has 5 N–H and O–H groups in total. The molecule has 0 bridgehead atoms. The van der Waals surface area contributed by atoms with Gasteiger partial charge in [0.25, 0.3) is 0 Å². The molecule has 0 aliphatic rings. The molecule has 0 aliphatic carbocycles. The van der Waals surface area contributed by atoms with E-state index in [1.54, 1.807) is 24.3 Å². The summed E-state index contributed by atoms with van der Waals surface area (Å²) >= 11 is 5.74. The van der Waals surface area contributed by atoms with E-state index in [9.17, 15) is 9.59 Å². The van der Waals surface area contributed by atoms with Gasteiger partial charge in [-0.1, -0.05) is 17.7 Å². The van der Waals surface area contributed by atoms with Crippen LogP contribution in [0.2, 0.25) is 5.02 Å². The van der Waals surface area contributed by atoms with Crippen molar-refractivity contribution in [3.8, 4) is 0 Å². The first kappa shape index (κ1) is 12.5. The van der Waals surface area contributed by atoms with Crippen LogP contribution in [0.3, 0.4) is 0 Å². The molecular formula is C10H12ClN3O2. The van der Waals surface area contributed by atoms with Crippen molar-refractivity contribution >= 4 is 29.1 Å². The average Bonchev–Trinajstić information content (AvgIpc) is 2.16. The van der Waals surface area contributed by atoms with Crippen LogP contribution >= 0.6 is 11.6 Å². The molecule has 0 aliphatic heterocycles. The highest BCUT2D eigenvalue weighted by molar-refractivity contribution is 6.30. The van der Waals surface area contributed by atoms with Gasteiger partial charge in [0.05, 0.1) is 12.5 Å². The molecular weight excluding hydrogens is 230 g/mol. The van der Waals surface area contributed by atoms with E-state index in [-0.39, 0.29) is 6.42 Å². The van der Waals surface area contributed by atoms with Gasteiger partial charge in [0, 0.05) is 10.7 Å². The third kappa shape index (κ3) is 3.88. The quantitative estimate of drug-likeness (QED) is 0.715. The van der Waals surface area contributed by atoms with E-state index in [4.69, 9.17) is 23.1 Å². The highest BCUT2D eigenvalue weighted by Crippen LogP contribution is 2.14. The number of benzene rings is 1. The standard InChI is InChI=1S/C10H12ClN3O2/c11-6-2-1-3-7(4-6)14-10(16)8(12)5-9(13)15/h1-4,8H,5,12H2,(H2,13,15)(H,14,16). The molecule has 16 heavy (non-hydrogen) atoms. The van der Waals surface area contributed by atoms with E-state index in [0.29, 0.717) is 10.7 Å². The van der Waals surface area contributed by atoms with Gasteiger partial charge in [-0.25, -0.2) is 0 Å². The van der Waals surface area contributed by atoms with E-state index in [0.717, 1.165) is 0 Å². The van der Waals surface area contributed by atoms with Crippen molar-refractivity contribution in [1.29, 1.82) is 0 Å². The lowest BCUT2D eigenvalue weighted by Crippen LogP contribution is -2.38. The second-order valence-corrected chi connectivity index (χ2v) is 3.71. The second kappa shape index (κ2) is 5.48. The predicted octanol–water partition coefficient (Wildman–Crippen LogP) is 0.481. The lowest BCUT2D eigenvalue weighted by Gasteiger charge is -2.10. The average molecular weight is 242 g/mol. The molecule has 6 heteroatoms. The largest absolute Gasteiger partial charge is 0.370 e. The van der Waals surface area contributed by atoms with Crippen molar-refractivity contribution in [3.05, 3.63) is 29.3 Å². The first-order valence-corrected chi connectivity index (χ1v) is 4.97. The monoisotopic (exact) mass is 241 g/mol. The summed E-state index contributed by atoms with van der Waals surface area (Å²) in [6, 6.07) is 5.67. The molecule has 1 atom stereocenters. The predicted molar refractivity (Wildman–Crippen MR) is 61.9 cm³/mol. The molecule has 0 saturated heterocycles. The van der Waals surface area contributed by atoms with Crippen molar-refractivity contribution in [3.63, 3.8) is 0 Å². The van der Waals surface area contributed by atoms with Crippen molar-refractivity contribution in [2.75, 3.05) is 5.32 Å². The summed E-state index contributed by atoms with van der Waals surface area (Å²) in [5.74, 6) is -1.09. The van der Waals surface area contributed by atoms with Gasteiger partial charge in [0.2, 0.25) is 11.8 Å². The fraction of sp³-hybridized carbons (Fsp3) is 0.200. The van der Waals surface area contributed by atoms with Crippen molar-refractivity contribution < 1.29 is 9.59 Å². The van der Waals surface area contributed by atoms with E-state index in [2.05, 4.69) is 5.32 Å². The number of amides is 2. The van der Waals surface area contributed by atoms with Crippen LogP contribution in [0.5, 0.6) is 0 Å². The van der Waals surface area contributed by atoms with Gasteiger partial charge in [0.1, 0.15) is 0 Å². The zero-order valence-corrected chi connectivity index (χ0v) is 9.20. The minimum atomic E-state index is -0.948. The Labute approximate surface area is 97.7 Å². The Morgan fingerprint density at radius 1 is 1.44 bits per heavy atom. The highest BCUT2D eigenvalue weighted by Gasteiger charge is 2.15. The molecule has 1 aromatic rings. The van der Waals surface area contributed by atoms with Gasteiger partial charge in [-0.15, -0.1) is 0 Å². The molecule has 0 heterocycles. The fourth-order valence-corrected chi connectivity index (χ4v) is 1.30. The summed E-state index contributed by atoms with van der Waals surface area (Å²) < 4.78 is 0. The maximum atomic E-state index is 11.5. The normalized spacial score (nSPS) is 11.9. The number of nitrogens with one attached hydrogen (secondary N) is 1. The lowest BCUT2D eigenvalue weighted by molar-refractivity contribution is -0.123. The summed E-state index contributed by atoms with van der Waals surface area (Å²) in [7, 11) is 0. The highest BCUT2D eigenvalue weighted by atomic mass is 35.5. The van der Waals surface area contributed by atoms with Crippen LogP contribution in [-0.2, 0) is 9.59 Å². The van der Waals surface area contributed by atoms with Crippen LogP contribution in [0.4, 0.5) is 5.69 Å². The number of nitrogens with two attached hydrogens (primary N) is 2. The van der Waals surface area contributed by atoms with E-state index in [1.807, 2.05) is 0 Å². The minimum Gasteiger partial charge on any atom is -0.370 e. The van der Waals surface area contributed by atoms with Crippen molar-refractivity contribution in [2.24, 2.45) is 11.5 Å². The van der Waals surface area contributed by atoms with Crippen LogP contribution in [0.25, 0.3) is 0 Å². The molecule has 0 saturated carbocycles. The smallest absolute Gasteiger partial charge is 0.241 e. The summed E-state index contributed by atoms with van der Waals surface area (Å²) in [5, 5.41) is 3.03. The zero-order valence-electron chi connectivity index (χ0n) is 8.44. The molecule has 0 spiro atoms. The number of primary amides is 1. The van der Waals surface area contributed by atoms with Gasteiger partial charge in [-0.2, -0.15) is 0 Å². The molecule has 86 valence electrons. The number of hydrogen-bond acceptors (Lipinski definition) is 3. The number of carbonyl (C=O) groups is 2. The third-order valence-corrected chi connectivity index (χ3v) is 2.09. The van der Waals surface area contributed by atoms with Crippen LogP contribution in [0, 0.1) is 0 Å². The Morgan fingerprint density at radius 3 is 2.69 bits per heavy atom. The molecule has 0 fully saturated rings. The van der Waals surface area contributed by atoms with Crippen molar-refractivity contribution in [1.82, 2.24) is 0 Å². The number of halogens is 1. The zero-order chi connectivity index (χ0) is 12.1. The number of hydrogen-bond donors (Lipinski definition) is 3. The Bertz CT molecular complexity index is 409. The topological polar surface area (TPSA) is 98.2 Å². The van der Waals surface area contributed by atoms with Gasteiger partial charge in [0.15, 0.2) is 0 Å². The van der Waals surface area contributed by atoms with Crippen LogP contribution in [-0.4, -0.2) is 17.9 Å². The fourth-order valence-electron chi connectivity index (χ4n) is 1.11. The molecule has 1 aromatic carbocycles. The molecule has 1 rings (SSSR count). The number of anilines is 1. The Kier molecular flexibility index (Phi) is 4.28. The summed E-state index contributed by atoms with van der Waals surface area (Å²) in [5.41, 5.74) is 10.9.